The van der Waals surface area contributed by atoms with Crippen molar-refractivity contribution >= 4 is 11.3 Å². The molecule has 2 rings (SSSR count). The van der Waals surface area contributed by atoms with E-state index >= 15 is 0 Å². The minimum Gasteiger partial charge on any atom is -0.388 e. The van der Waals surface area contributed by atoms with E-state index in [0.29, 0.717) is 0 Å². The molecular formula is C13H20O2S. The van der Waals surface area contributed by atoms with Gasteiger partial charge in [-0.3, -0.25) is 0 Å². The normalized spacial score (nSPS) is 19.9. The zero-order chi connectivity index (χ0) is 11.4. The third-order valence-corrected chi connectivity index (χ3v) is 4.51. The van der Waals surface area contributed by atoms with Crippen molar-refractivity contribution in [1.82, 2.24) is 0 Å². The topological polar surface area (TPSA) is 29.5 Å². The van der Waals surface area contributed by atoms with E-state index in [0.717, 1.165) is 49.7 Å². The molecule has 0 aromatic carbocycles. The van der Waals surface area contributed by atoms with E-state index in [2.05, 4.69) is 18.4 Å². The molecule has 0 bridgehead atoms. The van der Waals surface area contributed by atoms with Gasteiger partial charge in [0.2, 0.25) is 0 Å². The van der Waals surface area contributed by atoms with Crippen LogP contribution in [0, 0.1) is 12.8 Å². The number of aryl methyl sites for hydroxylation is 1. The molecule has 1 aromatic rings. The summed E-state index contributed by atoms with van der Waals surface area (Å²) in [5.74, 6) is 0.753. The molecule has 1 fully saturated rings. The van der Waals surface area contributed by atoms with E-state index in [1.807, 2.05) is 0 Å². The molecule has 0 aliphatic carbocycles. The molecule has 1 atom stereocenters. The summed E-state index contributed by atoms with van der Waals surface area (Å²) in [6.45, 7) is 3.88. The maximum absolute atomic E-state index is 10.1. The van der Waals surface area contributed by atoms with Crippen molar-refractivity contribution in [3.8, 4) is 0 Å². The van der Waals surface area contributed by atoms with Gasteiger partial charge in [0.25, 0.3) is 0 Å². The second kappa shape index (κ2) is 5.80. The van der Waals surface area contributed by atoms with Gasteiger partial charge in [0.05, 0.1) is 6.10 Å². The Morgan fingerprint density at radius 3 is 2.88 bits per heavy atom. The quantitative estimate of drug-likeness (QED) is 0.875. The van der Waals surface area contributed by atoms with E-state index in [1.165, 1.54) is 5.56 Å². The Kier molecular flexibility index (Phi) is 4.38. The summed E-state index contributed by atoms with van der Waals surface area (Å²) in [5, 5.41) is 12.2. The lowest BCUT2D eigenvalue weighted by atomic mass is 9.93. The van der Waals surface area contributed by atoms with Crippen molar-refractivity contribution in [2.24, 2.45) is 5.92 Å². The molecule has 1 aromatic heterocycles. The Morgan fingerprint density at radius 1 is 1.50 bits per heavy atom. The molecule has 0 saturated carbocycles. The standard InChI is InChI=1S/C13H20O2S/c1-10-6-9-16-13(10)12(14)3-2-11-4-7-15-8-5-11/h6,9,11-12,14H,2-5,7-8H2,1H3. The lowest BCUT2D eigenvalue weighted by Gasteiger charge is -2.22. The van der Waals surface area contributed by atoms with Gasteiger partial charge < -0.3 is 9.84 Å². The number of hydrogen-bond donors (Lipinski definition) is 1. The van der Waals surface area contributed by atoms with Crippen LogP contribution in [0.25, 0.3) is 0 Å². The number of hydrogen-bond acceptors (Lipinski definition) is 3. The van der Waals surface area contributed by atoms with Crippen molar-refractivity contribution in [3.63, 3.8) is 0 Å². The monoisotopic (exact) mass is 240 g/mol. The Hall–Kier alpha value is -0.380. The average Bonchev–Trinajstić information content (AvgIpc) is 2.74. The molecular weight excluding hydrogens is 220 g/mol. The minimum absolute atomic E-state index is 0.261. The molecule has 1 unspecified atom stereocenters. The van der Waals surface area contributed by atoms with Crippen molar-refractivity contribution < 1.29 is 9.84 Å². The molecule has 0 amide bonds. The third-order valence-electron chi connectivity index (χ3n) is 3.39. The first-order valence-electron chi connectivity index (χ1n) is 6.07. The lowest BCUT2D eigenvalue weighted by molar-refractivity contribution is 0.0571. The summed E-state index contributed by atoms with van der Waals surface area (Å²) >= 11 is 1.67. The summed E-state index contributed by atoms with van der Waals surface area (Å²) in [5.41, 5.74) is 1.23. The first kappa shape index (κ1) is 12.1. The zero-order valence-electron chi connectivity index (χ0n) is 9.82. The van der Waals surface area contributed by atoms with Crippen LogP contribution in [0.2, 0.25) is 0 Å². The molecule has 3 heteroatoms. The fourth-order valence-electron chi connectivity index (χ4n) is 2.29. The van der Waals surface area contributed by atoms with Crippen LogP contribution in [-0.4, -0.2) is 18.3 Å². The molecule has 2 nitrogen and oxygen atoms in total. The molecule has 2 heterocycles. The summed E-state index contributed by atoms with van der Waals surface area (Å²) < 4.78 is 5.34. The largest absolute Gasteiger partial charge is 0.388 e. The highest BCUT2D eigenvalue weighted by Crippen LogP contribution is 2.30. The smallest absolute Gasteiger partial charge is 0.0884 e. The minimum atomic E-state index is -0.261. The number of ether oxygens (including phenoxy) is 1. The molecule has 0 spiro atoms. The van der Waals surface area contributed by atoms with Crippen LogP contribution in [-0.2, 0) is 4.74 Å². The van der Waals surface area contributed by atoms with E-state index in [1.54, 1.807) is 11.3 Å². The maximum atomic E-state index is 10.1. The predicted molar refractivity (Wildman–Crippen MR) is 66.8 cm³/mol. The molecule has 90 valence electrons. The highest BCUT2D eigenvalue weighted by molar-refractivity contribution is 7.10. The van der Waals surface area contributed by atoms with Crippen molar-refractivity contribution in [1.29, 1.82) is 0 Å². The van der Waals surface area contributed by atoms with E-state index in [4.69, 9.17) is 4.74 Å². The maximum Gasteiger partial charge on any atom is 0.0884 e. The third kappa shape index (κ3) is 3.06. The Morgan fingerprint density at radius 2 is 2.25 bits per heavy atom. The van der Waals surface area contributed by atoms with Gasteiger partial charge in [0.1, 0.15) is 0 Å². The van der Waals surface area contributed by atoms with Crippen LogP contribution >= 0.6 is 11.3 Å². The first-order valence-corrected chi connectivity index (χ1v) is 6.95. The highest BCUT2D eigenvalue weighted by atomic mass is 32.1. The van der Waals surface area contributed by atoms with Crippen molar-refractivity contribution in [2.75, 3.05) is 13.2 Å². The van der Waals surface area contributed by atoms with Crippen LogP contribution in [0.3, 0.4) is 0 Å². The van der Waals surface area contributed by atoms with Gasteiger partial charge in [-0.15, -0.1) is 11.3 Å². The van der Waals surface area contributed by atoms with E-state index < -0.39 is 0 Å². The summed E-state index contributed by atoms with van der Waals surface area (Å²) in [7, 11) is 0. The van der Waals surface area contributed by atoms with Crippen LogP contribution < -0.4 is 0 Å². The van der Waals surface area contributed by atoms with Gasteiger partial charge in [-0.2, -0.15) is 0 Å². The van der Waals surface area contributed by atoms with E-state index in [-0.39, 0.29) is 6.10 Å². The van der Waals surface area contributed by atoms with Gasteiger partial charge in [-0.1, -0.05) is 0 Å². The summed E-state index contributed by atoms with van der Waals surface area (Å²) in [4.78, 5) is 1.15. The van der Waals surface area contributed by atoms with Crippen LogP contribution in [0.4, 0.5) is 0 Å². The fourth-order valence-corrected chi connectivity index (χ4v) is 3.23. The molecule has 1 saturated heterocycles. The average molecular weight is 240 g/mol. The Bertz CT molecular complexity index is 315. The van der Waals surface area contributed by atoms with Crippen molar-refractivity contribution in [2.45, 2.75) is 38.7 Å². The first-order chi connectivity index (χ1) is 7.77. The van der Waals surface area contributed by atoms with Crippen molar-refractivity contribution in [3.05, 3.63) is 21.9 Å². The summed E-state index contributed by atoms with van der Waals surface area (Å²) in [6, 6.07) is 2.08. The van der Waals surface area contributed by atoms with Gasteiger partial charge >= 0.3 is 0 Å². The van der Waals surface area contributed by atoms with Gasteiger partial charge in [0, 0.05) is 18.1 Å². The Balaban J connectivity index is 1.79. The molecule has 1 aliphatic rings. The van der Waals surface area contributed by atoms with Crippen LogP contribution in [0.15, 0.2) is 11.4 Å². The van der Waals surface area contributed by atoms with Crippen LogP contribution in [0.1, 0.15) is 42.2 Å². The second-order valence-electron chi connectivity index (χ2n) is 4.62. The number of rotatable bonds is 4. The number of aliphatic hydroxyl groups is 1. The van der Waals surface area contributed by atoms with Gasteiger partial charge in [0.15, 0.2) is 0 Å². The molecule has 1 N–H and O–H groups in total. The molecule has 16 heavy (non-hydrogen) atoms. The van der Waals surface area contributed by atoms with Gasteiger partial charge in [-0.25, -0.2) is 0 Å². The highest BCUT2D eigenvalue weighted by Gasteiger charge is 2.17. The zero-order valence-corrected chi connectivity index (χ0v) is 10.6. The number of aliphatic hydroxyl groups excluding tert-OH is 1. The molecule has 1 aliphatic heterocycles. The summed E-state index contributed by atoms with van der Waals surface area (Å²) in [6.07, 6.45) is 4.09. The SMILES string of the molecule is Cc1ccsc1C(O)CCC1CCOCC1. The van der Waals surface area contributed by atoms with Gasteiger partial charge in [-0.05, 0) is 55.5 Å². The molecule has 0 radical (unpaired) electrons. The van der Waals surface area contributed by atoms with E-state index in [9.17, 15) is 5.11 Å². The predicted octanol–water partition coefficient (Wildman–Crippen LogP) is 3.30. The second-order valence-corrected chi connectivity index (χ2v) is 5.56. The Labute approximate surface area is 101 Å². The fraction of sp³-hybridized carbons (Fsp3) is 0.692. The number of thiophene rings is 1. The van der Waals surface area contributed by atoms with Crippen LogP contribution in [0.5, 0.6) is 0 Å². The lowest BCUT2D eigenvalue weighted by Crippen LogP contribution is -2.16.